The second-order valence-electron chi connectivity index (χ2n) is 6.35. The van der Waals surface area contributed by atoms with Crippen LogP contribution in [0.4, 0.5) is 0 Å². The summed E-state index contributed by atoms with van der Waals surface area (Å²) in [6.45, 7) is 6.25. The fourth-order valence-corrected chi connectivity index (χ4v) is 3.31. The Bertz CT molecular complexity index is 797. The lowest BCUT2D eigenvalue weighted by atomic mass is 9.96. The van der Waals surface area contributed by atoms with Gasteiger partial charge in [0, 0.05) is 11.2 Å². The molecule has 0 unspecified atom stereocenters. The molecular weight excluding hydrogens is 292 g/mol. The van der Waals surface area contributed by atoms with Crippen LogP contribution in [-0.2, 0) is 11.2 Å². The Hall–Kier alpha value is -2.01. The first-order valence-electron chi connectivity index (χ1n) is 7.27. The molecule has 2 aromatic carbocycles. The first kappa shape index (κ1) is 14.9. The maximum atomic E-state index is 6.14. The third-order valence-corrected chi connectivity index (χ3v) is 4.56. The highest BCUT2D eigenvalue weighted by atomic mass is 32.2. The van der Waals surface area contributed by atoms with Gasteiger partial charge in [-0.15, -0.1) is 10.2 Å². The smallest absolute Gasteiger partial charge is 0.210 e. The van der Waals surface area contributed by atoms with Crippen LogP contribution in [0.3, 0.4) is 0 Å². The number of hydrogen-bond donors (Lipinski definition) is 1. The van der Waals surface area contributed by atoms with Crippen molar-refractivity contribution in [2.24, 2.45) is 0 Å². The highest BCUT2D eigenvalue weighted by molar-refractivity contribution is 7.98. The van der Waals surface area contributed by atoms with Crippen molar-refractivity contribution in [3.63, 3.8) is 0 Å². The van der Waals surface area contributed by atoms with Gasteiger partial charge in [0.25, 0.3) is 0 Å². The third-order valence-electron chi connectivity index (χ3n) is 3.57. The van der Waals surface area contributed by atoms with E-state index in [1.807, 2.05) is 0 Å². The minimum Gasteiger partial charge on any atom is -0.336 e. The molecular formula is C17H20N4S. The molecule has 0 radical (unpaired) electrons. The zero-order valence-corrected chi connectivity index (χ0v) is 13.9. The zero-order chi connectivity index (χ0) is 15.7. The van der Waals surface area contributed by atoms with E-state index in [1.54, 1.807) is 16.4 Å². The Kier molecular flexibility index (Phi) is 3.83. The molecule has 0 aliphatic heterocycles. The standard InChI is InChI=1S/C17H20N4S/c1-17(2,3)15-19-20-16(21(15)18)22-11-13-9-6-8-12-7-4-5-10-14(12)13/h4-10H,11,18H2,1-3H3. The van der Waals surface area contributed by atoms with Gasteiger partial charge in [0.15, 0.2) is 5.82 Å². The molecule has 114 valence electrons. The minimum absolute atomic E-state index is 0.111. The lowest BCUT2D eigenvalue weighted by molar-refractivity contribution is 0.523. The maximum absolute atomic E-state index is 6.14. The molecule has 0 fully saturated rings. The number of thioether (sulfide) groups is 1. The highest BCUT2D eigenvalue weighted by Crippen LogP contribution is 2.28. The molecule has 4 nitrogen and oxygen atoms in total. The summed E-state index contributed by atoms with van der Waals surface area (Å²) >= 11 is 1.62. The first-order valence-corrected chi connectivity index (χ1v) is 8.26. The average molecular weight is 312 g/mol. The van der Waals surface area contributed by atoms with Gasteiger partial charge in [-0.1, -0.05) is 75.0 Å². The lowest BCUT2D eigenvalue weighted by Crippen LogP contribution is -2.24. The number of hydrogen-bond acceptors (Lipinski definition) is 4. The molecule has 0 atom stereocenters. The SMILES string of the molecule is CC(C)(C)c1nnc(SCc2cccc3ccccc23)n1N. The van der Waals surface area contributed by atoms with Crippen LogP contribution in [0.1, 0.15) is 32.2 Å². The molecule has 0 amide bonds. The van der Waals surface area contributed by atoms with E-state index >= 15 is 0 Å². The molecule has 3 aromatic rings. The minimum atomic E-state index is -0.111. The molecule has 0 spiro atoms. The molecule has 22 heavy (non-hydrogen) atoms. The van der Waals surface area contributed by atoms with Crippen molar-refractivity contribution < 1.29 is 0 Å². The number of rotatable bonds is 3. The molecule has 0 saturated carbocycles. The number of nitrogen functional groups attached to an aromatic ring is 1. The van der Waals surface area contributed by atoms with Crippen LogP contribution in [-0.4, -0.2) is 14.9 Å². The number of benzene rings is 2. The Balaban J connectivity index is 1.85. The Morgan fingerprint density at radius 1 is 1.05 bits per heavy atom. The van der Waals surface area contributed by atoms with E-state index in [0.717, 1.165) is 16.7 Å². The fourth-order valence-electron chi connectivity index (χ4n) is 2.45. The topological polar surface area (TPSA) is 56.7 Å². The van der Waals surface area contributed by atoms with Crippen LogP contribution in [0, 0.1) is 0 Å². The summed E-state index contributed by atoms with van der Waals surface area (Å²) in [4.78, 5) is 0. The van der Waals surface area contributed by atoms with Crippen molar-refractivity contribution in [2.45, 2.75) is 37.1 Å². The van der Waals surface area contributed by atoms with Gasteiger partial charge < -0.3 is 5.84 Å². The predicted octanol–water partition coefficient (Wildman–Crippen LogP) is 3.73. The average Bonchev–Trinajstić information content (AvgIpc) is 2.86. The molecule has 2 N–H and O–H groups in total. The maximum Gasteiger partial charge on any atom is 0.210 e. The van der Waals surface area contributed by atoms with Gasteiger partial charge in [0.1, 0.15) is 0 Å². The van der Waals surface area contributed by atoms with Gasteiger partial charge in [0.2, 0.25) is 5.16 Å². The molecule has 0 aliphatic rings. The van der Waals surface area contributed by atoms with Crippen LogP contribution < -0.4 is 5.84 Å². The van der Waals surface area contributed by atoms with E-state index in [-0.39, 0.29) is 5.41 Å². The second-order valence-corrected chi connectivity index (χ2v) is 7.30. The monoisotopic (exact) mass is 312 g/mol. The quantitative estimate of drug-likeness (QED) is 0.591. The normalized spacial score (nSPS) is 12.0. The molecule has 1 heterocycles. The summed E-state index contributed by atoms with van der Waals surface area (Å²) in [5.74, 6) is 7.76. The van der Waals surface area contributed by atoms with E-state index in [4.69, 9.17) is 5.84 Å². The largest absolute Gasteiger partial charge is 0.336 e. The molecule has 0 bridgehead atoms. The van der Waals surface area contributed by atoms with Gasteiger partial charge in [-0.25, -0.2) is 4.68 Å². The van der Waals surface area contributed by atoms with Gasteiger partial charge in [-0.2, -0.15) is 0 Å². The van der Waals surface area contributed by atoms with Crippen LogP contribution in [0.25, 0.3) is 10.8 Å². The van der Waals surface area contributed by atoms with Crippen molar-refractivity contribution in [1.29, 1.82) is 0 Å². The van der Waals surface area contributed by atoms with Gasteiger partial charge in [-0.3, -0.25) is 0 Å². The zero-order valence-electron chi connectivity index (χ0n) is 13.1. The fraction of sp³-hybridized carbons (Fsp3) is 0.294. The van der Waals surface area contributed by atoms with Crippen LogP contribution >= 0.6 is 11.8 Å². The Morgan fingerprint density at radius 2 is 1.77 bits per heavy atom. The Labute approximate surface area is 134 Å². The summed E-state index contributed by atoms with van der Waals surface area (Å²) in [6, 6.07) is 14.8. The van der Waals surface area contributed by atoms with Crippen molar-refractivity contribution >= 4 is 22.5 Å². The number of aromatic nitrogens is 3. The highest BCUT2D eigenvalue weighted by Gasteiger charge is 2.22. The summed E-state index contributed by atoms with van der Waals surface area (Å²) in [5, 5.41) is 11.7. The van der Waals surface area contributed by atoms with Gasteiger partial charge in [-0.05, 0) is 16.3 Å². The van der Waals surface area contributed by atoms with E-state index < -0.39 is 0 Å². The molecule has 3 rings (SSSR count). The van der Waals surface area contributed by atoms with Gasteiger partial charge >= 0.3 is 0 Å². The molecule has 1 aromatic heterocycles. The first-order chi connectivity index (χ1) is 10.5. The van der Waals surface area contributed by atoms with E-state index in [9.17, 15) is 0 Å². The van der Waals surface area contributed by atoms with Crippen molar-refractivity contribution in [3.05, 3.63) is 53.9 Å². The van der Waals surface area contributed by atoms with Gasteiger partial charge in [0.05, 0.1) is 0 Å². The predicted molar refractivity (Wildman–Crippen MR) is 92.4 cm³/mol. The van der Waals surface area contributed by atoms with Crippen molar-refractivity contribution in [1.82, 2.24) is 14.9 Å². The summed E-state index contributed by atoms with van der Waals surface area (Å²) in [6.07, 6.45) is 0. The van der Waals surface area contributed by atoms with E-state index in [0.29, 0.717) is 0 Å². The molecule has 5 heteroatoms. The number of fused-ring (bicyclic) bond motifs is 1. The molecule has 0 saturated heterocycles. The van der Waals surface area contributed by atoms with Crippen LogP contribution in [0.15, 0.2) is 47.6 Å². The second kappa shape index (κ2) is 5.65. The number of nitrogens with two attached hydrogens (primary N) is 1. The lowest BCUT2D eigenvalue weighted by Gasteiger charge is -2.16. The van der Waals surface area contributed by atoms with E-state index in [1.165, 1.54) is 16.3 Å². The van der Waals surface area contributed by atoms with Crippen molar-refractivity contribution in [2.75, 3.05) is 5.84 Å². The van der Waals surface area contributed by atoms with Crippen LogP contribution in [0.2, 0.25) is 0 Å². The summed E-state index contributed by atoms with van der Waals surface area (Å²) < 4.78 is 1.61. The van der Waals surface area contributed by atoms with Crippen LogP contribution in [0.5, 0.6) is 0 Å². The Morgan fingerprint density at radius 3 is 2.50 bits per heavy atom. The number of nitrogens with zero attached hydrogens (tertiary/aromatic N) is 3. The van der Waals surface area contributed by atoms with Crippen molar-refractivity contribution in [3.8, 4) is 0 Å². The van der Waals surface area contributed by atoms with E-state index in [2.05, 4.69) is 73.4 Å². The summed E-state index contributed by atoms with van der Waals surface area (Å²) in [7, 11) is 0. The molecule has 0 aliphatic carbocycles. The third kappa shape index (κ3) is 2.81. The summed E-state index contributed by atoms with van der Waals surface area (Å²) in [5.41, 5.74) is 1.17.